The number of hydrogen-bond acceptors (Lipinski definition) is 2. The van der Waals surface area contributed by atoms with E-state index < -0.39 is 0 Å². The van der Waals surface area contributed by atoms with E-state index in [1.165, 1.54) is 76.1 Å². The predicted molar refractivity (Wildman–Crippen MR) is 300 cm³/mol. The van der Waals surface area contributed by atoms with Crippen LogP contribution in [0.4, 0.5) is 34.1 Å². The van der Waals surface area contributed by atoms with E-state index in [9.17, 15) is 0 Å². The Morgan fingerprint density at radius 1 is 0.200 bits per heavy atom. The first kappa shape index (κ1) is 41.0. The van der Waals surface area contributed by atoms with Crippen molar-refractivity contribution in [2.24, 2.45) is 0 Å². The molecule has 0 N–H and O–H groups in total. The predicted octanol–water partition coefficient (Wildman–Crippen LogP) is 19.4. The van der Waals surface area contributed by atoms with Crippen LogP contribution in [0.25, 0.3) is 87.2 Å². The van der Waals surface area contributed by atoms with Crippen LogP contribution >= 0.6 is 0 Å². The Kier molecular flexibility index (Phi) is 10.2. The molecule has 13 aromatic carbocycles. The van der Waals surface area contributed by atoms with Crippen molar-refractivity contribution in [1.82, 2.24) is 0 Å². The highest BCUT2D eigenvalue weighted by Gasteiger charge is 2.23. The summed E-state index contributed by atoms with van der Waals surface area (Å²) in [6.45, 7) is 0. The molecule has 0 unspecified atom stereocenters. The molecule has 0 saturated carbocycles. The van der Waals surface area contributed by atoms with Gasteiger partial charge in [-0.25, -0.2) is 0 Å². The third-order valence-corrected chi connectivity index (χ3v) is 14.0. The molecule has 0 spiro atoms. The first-order chi connectivity index (χ1) is 34.7. The monoisotopic (exact) mass is 890 g/mol. The summed E-state index contributed by atoms with van der Waals surface area (Å²) in [4.78, 5) is 4.72. The van der Waals surface area contributed by atoms with Crippen LogP contribution in [0.5, 0.6) is 0 Å². The van der Waals surface area contributed by atoms with Gasteiger partial charge in [0.05, 0.1) is 0 Å². The van der Waals surface area contributed by atoms with Gasteiger partial charge in [-0.1, -0.05) is 200 Å². The highest BCUT2D eigenvalue weighted by molar-refractivity contribution is 6.33. The zero-order valence-corrected chi connectivity index (χ0v) is 38.5. The second-order valence-corrected chi connectivity index (χ2v) is 18.1. The molecule has 2 nitrogen and oxygen atoms in total. The highest BCUT2D eigenvalue weighted by Crippen LogP contribution is 2.50. The van der Waals surface area contributed by atoms with Crippen molar-refractivity contribution < 1.29 is 0 Å². The van der Waals surface area contributed by atoms with Crippen molar-refractivity contribution >= 4 is 88.0 Å². The SMILES string of the molecule is c1ccc(-c2cc(-c3ccc(N(c4ccccc4)c4ccc5ccccc5c4)cc3)c3c4ccccc4c4ccccc4c3c2-c2ccc(N(c3ccccc3)c3ccc4ccccc4c3)cc2)cc1. The summed E-state index contributed by atoms with van der Waals surface area (Å²) >= 11 is 0. The van der Waals surface area contributed by atoms with Gasteiger partial charge in [0.15, 0.2) is 0 Å². The molecule has 0 heterocycles. The number of para-hydroxylation sites is 2. The molecule has 13 aromatic rings. The molecular weight excluding hydrogens is 845 g/mol. The lowest BCUT2D eigenvalue weighted by Gasteiger charge is -2.27. The van der Waals surface area contributed by atoms with Gasteiger partial charge in [-0.05, 0) is 166 Å². The fraction of sp³-hybridized carbons (Fsp3) is 0. The maximum absolute atomic E-state index is 2.46. The third kappa shape index (κ3) is 7.22. The molecule has 0 aliphatic heterocycles. The Bertz CT molecular complexity index is 4030. The molecule has 0 aromatic heterocycles. The molecule has 0 radical (unpaired) electrons. The Labute approximate surface area is 408 Å². The molecule has 2 heteroatoms. The van der Waals surface area contributed by atoms with E-state index in [-0.39, 0.29) is 0 Å². The molecule has 0 aliphatic carbocycles. The first-order valence-electron chi connectivity index (χ1n) is 24.1. The normalized spacial score (nSPS) is 11.4. The molecule has 0 amide bonds. The second kappa shape index (κ2) is 17.4. The van der Waals surface area contributed by atoms with Gasteiger partial charge < -0.3 is 9.80 Å². The zero-order valence-electron chi connectivity index (χ0n) is 38.5. The summed E-state index contributed by atoms with van der Waals surface area (Å²) in [5.74, 6) is 0. The van der Waals surface area contributed by atoms with E-state index in [1.807, 2.05) is 0 Å². The largest absolute Gasteiger partial charge is 0.310 e. The Balaban J connectivity index is 1.03. The quantitative estimate of drug-likeness (QED) is 0.133. The molecule has 328 valence electrons. The average Bonchev–Trinajstić information content (AvgIpc) is 3.44. The van der Waals surface area contributed by atoms with Gasteiger partial charge in [0.2, 0.25) is 0 Å². The van der Waals surface area contributed by atoms with Gasteiger partial charge >= 0.3 is 0 Å². The minimum atomic E-state index is 1.09. The molecule has 0 fully saturated rings. The Morgan fingerprint density at radius 2 is 0.557 bits per heavy atom. The van der Waals surface area contributed by atoms with E-state index in [2.05, 4.69) is 289 Å². The number of hydrogen-bond donors (Lipinski definition) is 0. The summed E-state index contributed by atoms with van der Waals surface area (Å²) in [6, 6.07) is 102. The van der Waals surface area contributed by atoms with Gasteiger partial charge in [-0.15, -0.1) is 0 Å². The number of benzene rings is 13. The smallest absolute Gasteiger partial charge is 0.0468 e. The standard InChI is InChI=1S/C68H46N2/c1-4-20-49(21-5-1)64-46-65(50-34-38-56(39-35-50)69(54-24-6-2-7-25-54)58-42-32-47-18-10-12-22-52(47)44-58)67-62-30-16-14-28-60(62)61-29-15-17-31-63(61)68(67)66(64)51-36-40-57(41-37-51)70(55-26-8-3-9-27-55)59-43-33-48-19-11-13-23-53(48)45-59/h1-46H. The number of nitrogens with zero attached hydrogens (tertiary/aromatic N) is 2. The average molecular weight is 891 g/mol. The van der Waals surface area contributed by atoms with Crippen molar-refractivity contribution in [3.05, 3.63) is 279 Å². The maximum atomic E-state index is 2.46. The summed E-state index contributed by atoms with van der Waals surface area (Å²) in [7, 11) is 0. The topological polar surface area (TPSA) is 6.48 Å². The minimum absolute atomic E-state index is 1.09. The van der Waals surface area contributed by atoms with E-state index in [0.29, 0.717) is 0 Å². The van der Waals surface area contributed by atoms with Crippen LogP contribution in [-0.2, 0) is 0 Å². The molecule has 70 heavy (non-hydrogen) atoms. The second-order valence-electron chi connectivity index (χ2n) is 18.1. The molecular formula is C68H46N2. The van der Waals surface area contributed by atoms with Crippen LogP contribution in [0.2, 0.25) is 0 Å². The van der Waals surface area contributed by atoms with Crippen molar-refractivity contribution in [2.75, 3.05) is 9.80 Å². The summed E-state index contributed by atoms with van der Waals surface area (Å²) < 4.78 is 0. The van der Waals surface area contributed by atoms with Crippen molar-refractivity contribution in [1.29, 1.82) is 0 Å². The van der Waals surface area contributed by atoms with Crippen LogP contribution < -0.4 is 9.80 Å². The van der Waals surface area contributed by atoms with Crippen LogP contribution in [0.3, 0.4) is 0 Å². The lowest BCUT2D eigenvalue weighted by atomic mass is 9.81. The van der Waals surface area contributed by atoms with Crippen LogP contribution in [0.1, 0.15) is 0 Å². The molecule has 0 saturated heterocycles. The van der Waals surface area contributed by atoms with Crippen molar-refractivity contribution in [3.63, 3.8) is 0 Å². The lowest BCUT2D eigenvalue weighted by Crippen LogP contribution is -2.09. The highest BCUT2D eigenvalue weighted by atomic mass is 15.1. The van der Waals surface area contributed by atoms with E-state index in [4.69, 9.17) is 0 Å². The van der Waals surface area contributed by atoms with Gasteiger partial charge in [0, 0.05) is 34.1 Å². The van der Waals surface area contributed by atoms with Gasteiger partial charge in [0.1, 0.15) is 0 Å². The minimum Gasteiger partial charge on any atom is -0.310 e. The van der Waals surface area contributed by atoms with Gasteiger partial charge in [0.25, 0.3) is 0 Å². The van der Waals surface area contributed by atoms with E-state index in [1.54, 1.807) is 0 Å². The van der Waals surface area contributed by atoms with Crippen LogP contribution in [0.15, 0.2) is 279 Å². The summed E-state index contributed by atoms with van der Waals surface area (Å²) in [5.41, 5.74) is 13.8. The van der Waals surface area contributed by atoms with Gasteiger partial charge in [-0.2, -0.15) is 0 Å². The number of anilines is 6. The third-order valence-electron chi connectivity index (χ3n) is 14.0. The van der Waals surface area contributed by atoms with Crippen molar-refractivity contribution in [3.8, 4) is 33.4 Å². The summed E-state index contributed by atoms with van der Waals surface area (Å²) in [6.07, 6.45) is 0. The van der Waals surface area contributed by atoms with E-state index in [0.717, 1.165) is 45.3 Å². The van der Waals surface area contributed by atoms with Crippen LogP contribution in [-0.4, -0.2) is 0 Å². The lowest BCUT2D eigenvalue weighted by molar-refractivity contribution is 1.29. The molecule has 0 atom stereocenters. The fourth-order valence-electron chi connectivity index (χ4n) is 10.7. The van der Waals surface area contributed by atoms with E-state index >= 15 is 0 Å². The molecule has 0 bridgehead atoms. The Hall–Kier alpha value is -9.24. The maximum Gasteiger partial charge on any atom is 0.0468 e. The first-order valence-corrected chi connectivity index (χ1v) is 24.1. The number of fused-ring (bicyclic) bond motifs is 8. The van der Waals surface area contributed by atoms with Crippen molar-refractivity contribution in [2.45, 2.75) is 0 Å². The fourth-order valence-corrected chi connectivity index (χ4v) is 10.7. The Morgan fingerprint density at radius 3 is 1.06 bits per heavy atom. The van der Waals surface area contributed by atoms with Crippen LogP contribution in [0, 0.1) is 0 Å². The molecule has 13 rings (SSSR count). The summed E-state index contributed by atoms with van der Waals surface area (Å²) in [5, 5.41) is 12.3. The number of rotatable bonds is 9. The zero-order chi connectivity index (χ0) is 46.4. The van der Waals surface area contributed by atoms with Gasteiger partial charge in [-0.3, -0.25) is 0 Å². The molecule has 0 aliphatic rings.